The Morgan fingerprint density at radius 3 is 2.44 bits per heavy atom. The molecule has 8 nitrogen and oxygen atoms in total. The van der Waals surface area contributed by atoms with Crippen LogP contribution in [0, 0.1) is 0 Å². The molecule has 4 aromatic rings. The van der Waals surface area contributed by atoms with Crippen molar-refractivity contribution < 1.29 is 4.68 Å². The zero-order valence-corrected chi connectivity index (χ0v) is 17.9. The van der Waals surface area contributed by atoms with Crippen LogP contribution in [0.2, 0.25) is 0 Å². The van der Waals surface area contributed by atoms with Crippen LogP contribution in [-0.2, 0) is 0 Å². The van der Waals surface area contributed by atoms with Crippen molar-refractivity contribution >= 4 is 0 Å². The number of H-pyrrole nitrogens is 1. The summed E-state index contributed by atoms with van der Waals surface area (Å²) in [5, 5.41) is 23.2. The standard InChI is InChI=1S/C24H26N8/c1-2-22(26-12-1)24-16-32(30-28-24)21-9-5-18(6-10-21)17-3-7-20(8-4-17)31-15-23(27-29-31)19-11-13-25-14-19/h3-10,15-16,19,22,25-26H,1-2,11-14H2/p+1. The Kier molecular flexibility index (Phi) is 5.01. The molecule has 0 aliphatic carbocycles. The Hall–Kier alpha value is -3.36. The fraction of sp³-hybridized carbons (Fsp3) is 0.333. The van der Waals surface area contributed by atoms with Gasteiger partial charge in [-0.1, -0.05) is 34.7 Å². The maximum atomic E-state index is 4.50. The molecule has 32 heavy (non-hydrogen) atoms. The highest BCUT2D eigenvalue weighted by molar-refractivity contribution is 5.65. The Labute approximate surface area is 186 Å². The molecule has 0 spiro atoms. The minimum atomic E-state index is 0.334. The van der Waals surface area contributed by atoms with Crippen molar-refractivity contribution in [2.45, 2.75) is 31.2 Å². The highest BCUT2D eigenvalue weighted by atomic mass is 15.4. The van der Waals surface area contributed by atoms with Crippen molar-refractivity contribution in [1.29, 1.82) is 0 Å². The minimum Gasteiger partial charge on any atom is -0.316 e. The van der Waals surface area contributed by atoms with Crippen LogP contribution >= 0.6 is 0 Å². The van der Waals surface area contributed by atoms with E-state index in [4.69, 9.17) is 0 Å². The smallest absolute Gasteiger partial charge is 0.223 e. The Balaban J connectivity index is 1.17. The molecule has 2 aromatic carbocycles. The van der Waals surface area contributed by atoms with Crippen molar-refractivity contribution in [3.8, 4) is 22.5 Å². The molecule has 2 aromatic heterocycles. The number of aromatic amines is 1. The molecule has 3 N–H and O–H groups in total. The summed E-state index contributed by atoms with van der Waals surface area (Å²) in [5.41, 5.74) is 6.58. The van der Waals surface area contributed by atoms with Crippen LogP contribution < -0.4 is 15.3 Å². The molecule has 2 atom stereocenters. The minimum absolute atomic E-state index is 0.334. The first-order chi connectivity index (χ1) is 15.8. The summed E-state index contributed by atoms with van der Waals surface area (Å²) >= 11 is 0. The first-order valence-electron chi connectivity index (χ1n) is 11.4. The van der Waals surface area contributed by atoms with E-state index in [2.05, 4.69) is 86.0 Å². The molecule has 2 saturated heterocycles. The van der Waals surface area contributed by atoms with E-state index >= 15 is 0 Å². The second-order valence-corrected chi connectivity index (χ2v) is 8.66. The Morgan fingerprint density at radius 2 is 1.72 bits per heavy atom. The topological polar surface area (TPSA) is 87.3 Å². The zero-order valence-electron chi connectivity index (χ0n) is 17.9. The van der Waals surface area contributed by atoms with Gasteiger partial charge in [-0.3, -0.25) is 0 Å². The summed E-state index contributed by atoms with van der Waals surface area (Å²) in [5.74, 6) is 0.501. The normalized spacial score (nSPS) is 20.8. The molecular weight excluding hydrogens is 400 g/mol. The Morgan fingerprint density at radius 1 is 0.906 bits per heavy atom. The lowest BCUT2D eigenvalue weighted by molar-refractivity contribution is -0.659. The fourth-order valence-electron chi connectivity index (χ4n) is 4.66. The van der Waals surface area contributed by atoms with Gasteiger partial charge in [-0.05, 0) is 67.7 Å². The predicted octanol–water partition coefficient (Wildman–Crippen LogP) is 2.44. The van der Waals surface area contributed by atoms with E-state index in [1.54, 1.807) is 0 Å². The van der Waals surface area contributed by atoms with Gasteiger partial charge < -0.3 is 10.6 Å². The van der Waals surface area contributed by atoms with Crippen LogP contribution in [0.15, 0.2) is 60.9 Å². The van der Waals surface area contributed by atoms with Gasteiger partial charge >= 0.3 is 0 Å². The summed E-state index contributed by atoms with van der Waals surface area (Å²) in [7, 11) is 0. The molecule has 8 heteroatoms. The number of aromatic nitrogens is 6. The van der Waals surface area contributed by atoms with E-state index < -0.39 is 0 Å². The maximum absolute atomic E-state index is 4.50. The van der Waals surface area contributed by atoms with E-state index in [9.17, 15) is 0 Å². The zero-order chi connectivity index (χ0) is 21.3. The van der Waals surface area contributed by atoms with Gasteiger partial charge in [0.25, 0.3) is 0 Å². The first-order valence-corrected chi connectivity index (χ1v) is 11.4. The quantitative estimate of drug-likeness (QED) is 0.426. The predicted molar refractivity (Wildman–Crippen MR) is 121 cm³/mol. The molecule has 4 heterocycles. The molecule has 0 radical (unpaired) electrons. The third kappa shape index (κ3) is 3.72. The molecule has 0 bridgehead atoms. The summed E-state index contributed by atoms with van der Waals surface area (Å²) in [6.45, 7) is 3.14. The molecule has 0 amide bonds. The molecule has 2 aliphatic rings. The van der Waals surface area contributed by atoms with Gasteiger partial charge in [0.15, 0.2) is 11.9 Å². The van der Waals surface area contributed by atoms with E-state index in [1.807, 2.05) is 15.6 Å². The summed E-state index contributed by atoms with van der Waals surface area (Å²) < 4.78 is 3.84. The van der Waals surface area contributed by atoms with Crippen LogP contribution in [0.5, 0.6) is 0 Å². The van der Waals surface area contributed by atoms with Crippen molar-refractivity contribution in [1.82, 2.24) is 35.9 Å². The van der Waals surface area contributed by atoms with Crippen LogP contribution in [-0.4, -0.2) is 44.9 Å². The lowest BCUT2D eigenvalue weighted by atomic mass is 10.0. The second kappa shape index (κ2) is 8.29. The monoisotopic (exact) mass is 427 g/mol. The van der Waals surface area contributed by atoms with E-state index in [0.29, 0.717) is 12.0 Å². The van der Waals surface area contributed by atoms with Crippen molar-refractivity contribution in [3.63, 3.8) is 0 Å². The molecular formula is C24H27N8+. The third-order valence-corrected chi connectivity index (χ3v) is 6.57. The fourth-order valence-corrected chi connectivity index (χ4v) is 4.66. The second-order valence-electron chi connectivity index (χ2n) is 8.66. The maximum Gasteiger partial charge on any atom is 0.223 e. The number of hydrogen-bond donors (Lipinski definition) is 3. The van der Waals surface area contributed by atoms with Gasteiger partial charge in [0.1, 0.15) is 5.69 Å². The molecule has 2 aliphatic heterocycles. The first kappa shape index (κ1) is 19.3. The molecule has 2 unspecified atom stereocenters. The largest absolute Gasteiger partial charge is 0.316 e. The average molecular weight is 428 g/mol. The number of nitrogens with zero attached hydrogens (tertiary/aromatic N) is 5. The van der Waals surface area contributed by atoms with Gasteiger partial charge in [-0.15, -0.1) is 9.78 Å². The van der Waals surface area contributed by atoms with Crippen molar-refractivity contribution in [3.05, 3.63) is 72.3 Å². The van der Waals surface area contributed by atoms with Crippen molar-refractivity contribution in [2.75, 3.05) is 19.6 Å². The van der Waals surface area contributed by atoms with Gasteiger partial charge in [0.2, 0.25) is 5.69 Å². The van der Waals surface area contributed by atoms with E-state index in [-0.39, 0.29) is 0 Å². The molecule has 6 rings (SSSR count). The van der Waals surface area contributed by atoms with Crippen molar-refractivity contribution in [2.24, 2.45) is 0 Å². The highest BCUT2D eigenvalue weighted by Crippen LogP contribution is 2.24. The molecule has 0 saturated carbocycles. The Bertz CT molecular complexity index is 1080. The lowest BCUT2D eigenvalue weighted by Gasteiger charge is -2.05. The summed E-state index contributed by atoms with van der Waals surface area (Å²) in [6.07, 6.45) is 7.61. The van der Waals surface area contributed by atoms with Gasteiger partial charge in [0.05, 0.1) is 17.9 Å². The SMILES string of the molecule is c1cc(-n2cc(C3CCCN3)nn2)ccc1-c1ccc(-[n+]2cc(C3CCNC3)n[nH]2)cc1. The van der Waals surface area contributed by atoms with E-state index in [1.165, 1.54) is 17.5 Å². The van der Waals surface area contributed by atoms with Crippen LogP contribution in [0.25, 0.3) is 22.5 Å². The van der Waals surface area contributed by atoms with Gasteiger partial charge in [-0.2, -0.15) is 0 Å². The van der Waals surface area contributed by atoms with Crippen LogP contribution in [0.4, 0.5) is 0 Å². The van der Waals surface area contributed by atoms with Gasteiger partial charge in [0, 0.05) is 17.6 Å². The molecule has 2 fully saturated rings. The number of benzene rings is 2. The number of rotatable bonds is 5. The highest BCUT2D eigenvalue weighted by Gasteiger charge is 2.25. The lowest BCUT2D eigenvalue weighted by Crippen LogP contribution is -2.31. The third-order valence-electron chi connectivity index (χ3n) is 6.57. The van der Waals surface area contributed by atoms with Crippen LogP contribution in [0.1, 0.15) is 42.6 Å². The van der Waals surface area contributed by atoms with Crippen LogP contribution in [0.3, 0.4) is 0 Å². The summed E-state index contributed by atoms with van der Waals surface area (Å²) in [4.78, 5) is 0. The average Bonchev–Trinajstić information content (AvgIpc) is 3.66. The van der Waals surface area contributed by atoms with Gasteiger partial charge in [-0.25, -0.2) is 4.68 Å². The molecule has 162 valence electrons. The number of nitrogens with one attached hydrogen (secondary N) is 3. The summed E-state index contributed by atoms with van der Waals surface area (Å²) in [6, 6.07) is 17.3. The number of hydrogen-bond acceptors (Lipinski definition) is 5. The van der Waals surface area contributed by atoms with E-state index in [0.717, 1.165) is 55.2 Å².